The molecule has 1 heterocycles. The van der Waals surface area contributed by atoms with Gasteiger partial charge in [-0.1, -0.05) is 41.6 Å². The predicted molar refractivity (Wildman–Crippen MR) is 108 cm³/mol. The minimum atomic E-state index is -0.779. The van der Waals surface area contributed by atoms with Crippen LogP contribution in [0, 0.1) is 30.9 Å². The number of anilines is 1. The Labute approximate surface area is 171 Å². The van der Waals surface area contributed by atoms with Crippen molar-refractivity contribution in [3.63, 3.8) is 0 Å². The van der Waals surface area contributed by atoms with Crippen LogP contribution in [0.3, 0.4) is 0 Å². The molecular formula is C21H19N3O6. The predicted octanol–water partition coefficient (Wildman–Crippen LogP) is 3.97. The molecule has 0 aliphatic heterocycles. The molecule has 3 aromatic rings. The molecule has 0 saturated carbocycles. The SMILES string of the molecule is Cc1ccc([N+](=O)[O-])c(NC(=O)COC(=O)c2c(-c3ccccc3)noc2C)c1C. The van der Waals surface area contributed by atoms with Crippen LogP contribution in [0.1, 0.15) is 27.2 Å². The van der Waals surface area contributed by atoms with Crippen LogP contribution in [0.4, 0.5) is 11.4 Å². The first kappa shape index (κ1) is 20.7. The van der Waals surface area contributed by atoms with Crippen molar-refractivity contribution in [3.05, 3.63) is 75.0 Å². The second-order valence-corrected chi connectivity index (χ2v) is 6.61. The van der Waals surface area contributed by atoms with Gasteiger partial charge in [-0.3, -0.25) is 14.9 Å². The number of nitrogens with one attached hydrogen (secondary N) is 1. The Morgan fingerprint density at radius 2 is 1.83 bits per heavy atom. The molecule has 0 unspecified atom stereocenters. The molecule has 0 aliphatic carbocycles. The molecular weight excluding hydrogens is 390 g/mol. The van der Waals surface area contributed by atoms with Crippen LogP contribution in [0.25, 0.3) is 11.3 Å². The number of carbonyl (C=O) groups excluding carboxylic acids is 2. The van der Waals surface area contributed by atoms with Gasteiger partial charge in [0.25, 0.3) is 11.6 Å². The van der Waals surface area contributed by atoms with Crippen molar-refractivity contribution >= 4 is 23.3 Å². The molecule has 3 rings (SSSR count). The quantitative estimate of drug-likeness (QED) is 0.371. The van der Waals surface area contributed by atoms with Crippen LogP contribution < -0.4 is 5.32 Å². The Kier molecular flexibility index (Phi) is 5.91. The number of aromatic nitrogens is 1. The van der Waals surface area contributed by atoms with Gasteiger partial charge in [0.1, 0.15) is 22.7 Å². The Hall–Kier alpha value is -4.01. The molecule has 0 spiro atoms. The van der Waals surface area contributed by atoms with Gasteiger partial charge in [-0.15, -0.1) is 0 Å². The van der Waals surface area contributed by atoms with Crippen molar-refractivity contribution < 1.29 is 23.8 Å². The summed E-state index contributed by atoms with van der Waals surface area (Å²) in [6.45, 7) is 4.38. The monoisotopic (exact) mass is 409 g/mol. The fourth-order valence-electron chi connectivity index (χ4n) is 2.90. The van der Waals surface area contributed by atoms with E-state index in [0.29, 0.717) is 16.8 Å². The third kappa shape index (κ3) is 4.19. The standard InChI is InChI=1S/C21H19N3O6/c1-12-9-10-16(24(27)28)19(13(12)2)22-17(25)11-29-21(26)18-14(3)30-23-20(18)15-7-5-4-6-8-15/h4-10H,11H2,1-3H3,(H,22,25). The summed E-state index contributed by atoms with van der Waals surface area (Å²) in [5.74, 6) is -1.22. The second-order valence-electron chi connectivity index (χ2n) is 6.61. The van der Waals surface area contributed by atoms with Crippen molar-refractivity contribution in [3.8, 4) is 11.3 Å². The maximum absolute atomic E-state index is 12.6. The summed E-state index contributed by atoms with van der Waals surface area (Å²) in [7, 11) is 0. The summed E-state index contributed by atoms with van der Waals surface area (Å²) in [5.41, 5.74) is 2.27. The number of esters is 1. The van der Waals surface area contributed by atoms with E-state index in [0.717, 1.165) is 5.56 Å². The molecule has 1 aromatic heterocycles. The zero-order chi connectivity index (χ0) is 21.8. The lowest BCUT2D eigenvalue weighted by molar-refractivity contribution is -0.384. The van der Waals surface area contributed by atoms with Gasteiger partial charge < -0.3 is 14.6 Å². The fraction of sp³-hybridized carbons (Fsp3) is 0.190. The summed E-state index contributed by atoms with van der Waals surface area (Å²) < 4.78 is 10.2. The first-order valence-electron chi connectivity index (χ1n) is 9.03. The van der Waals surface area contributed by atoms with E-state index < -0.39 is 23.4 Å². The summed E-state index contributed by atoms with van der Waals surface area (Å²) >= 11 is 0. The highest BCUT2D eigenvalue weighted by molar-refractivity contribution is 6.00. The molecule has 9 heteroatoms. The van der Waals surface area contributed by atoms with Gasteiger partial charge in [0, 0.05) is 11.6 Å². The Balaban J connectivity index is 1.74. The van der Waals surface area contributed by atoms with Gasteiger partial charge in [0.05, 0.1) is 4.92 Å². The van der Waals surface area contributed by atoms with Crippen LogP contribution in [0.15, 0.2) is 47.0 Å². The number of nitro groups is 1. The number of hydrogen-bond donors (Lipinski definition) is 1. The molecule has 0 aliphatic rings. The van der Waals surface area contributed by atoms with Crippen molar-refractivity contribution in [1.82, 2.24) is 5.16 Å². The van der Waals surface area contributed by atoms with E-state index in [2.05, 4.69) is 10.5 Å². The molecule has 9 nitrogen and oxygen atoms in total. The number of benzene rings is 2. The van der Waals surface area contributed by atoms with Gasteiger partial charge in [-0.05, 0) is 31.9 Å². The van der Waals surface area contributed by atoms with Crippen molar-refractivity contribution in [2.24, 2.45) is 0 Å². The summed E-state index contributed by atoms with van der Waals surface area (Å²) in [4.78, 5) is 35.5. The summed E-state index contributed by atoms with van der Waals surface area (Å²) in [5, 5.41) is 17.6. The minimum Gasteiger partial charge on any atom is -0.452 e. The van der Waals surface area contributed by atoms with Gasteiger partial charge in [-0.25, -0.2) is 4.79 Å². The number of nitro benzene ring substituents is 1. The largest absolute Gasteiger partial charge is 0.452 e. The number of carbonyl (C=O) groups is 2. The van der Waals surface area contributed by atoms with Crippen LogP contribution >= 0.6 is 0 Å². The molecule has 0 fully saturated rings. The van der Waals surface area contributed by atoms with Crippen LogP contribution in [-0.4, -0.2) is 28.6 Å². The Morgan fingerprint density at radius 1 is 1.13 bits per heavy atom. The highest BCUT2D eigenvalue weighted by Gasteiger charge is 2.24. The van der Waals surface area contributed by atoms with E-state index >= 15 is 0 Å². The Morgan fingerprint density at radius 3 is 2.50 bits per heavy atom. The van der Waals surface area contributed by atoms with Gasteiger partial charge in [0.15, 0.2) is 6.61 Å². The zero-order valence-corrected chi connectivity index (χ0v) is 16.6. The highest BCUT2D eigenvalue weighted by Crippen LogP contribution is 2.30. The van der Waals surface area contributed by atoms with Gasteiger partial charge in [-0.2, -0.15) is 0 Å². The maximum atomic E-state index is 12.6. The lowest BCUT2D eigenvalue weighted by atomic mass is 10.1. The van der Waals surface area contributed by atoms with E-state index in [1.54, 1.807) is 51.1 Å². The van der Waals surface area contributed by atoms with Crippen LogP contribution in [0.5, 0.6) is 0 Å². The number of hydrogen-bond acceptors (Lipinski definition) is 7. The van der Waals surface area contributed by atoms with Crippen LogP contribution in [-0.2, 0) is 9.53 Å². The van der Waals surface area contributed by atoms with Crippen molar-refractivity contribution in [1.29, 1.82) is 0 Å². The molecule has 2 aromatic carbocycles. The smallest absolute Gasteiger partial charge is 0.344 e. The lowest BCUT2D eigenvalue weighted by Gasteiger charge is -2.11. The van der Waals surface area contributed by atoms with Crippen LogP contribution in [0.2, 0.25) is 0 Å². The first-order chi connectivity index (χ1) is 14.3. The number of ether oxygens (including phenoxy) is 1. The highest BCUT2D eigenvalue weighted by atomic mass is 16.6. The number of aryl methyl sites for hydroxylation is 2. The van der Waals surface area contributed by atoms with Gasteiger partial charge in [0.2, 0.25) is 0 Å². The normalized spacial score (nSPS) is 10.5. The lowest BCUT2D eigenvalue weighted by Crippen LogP contribution is -2.22. The zero-order valence-electron chi connectivity index (χ0n) is 16.6. The summed E-state index contributed by atoms with van der Waals surface area (Å²) in [6.07, 6.45) is 0. The third-order valence-corrected chi connectivity index (χ3v) is 4.62. The molecule has 0 saturated heterocycles. The molecule has 0 atom stereocenters. The maximum Gasteiger partial charge on any atom is 0.344 e. The molecule has 154 valence electrons. The van der Waals surface area contributed by atoms with E-state index in [1.807, 2.05) is 6.07 Å². The number of amides is 1. The molecule has 0 bridgehead atoms. The van der Waals surface area contributed by atoms with Gasteiger partial charge >= 0.3 is 5.97 Å². The summed E-state index contributed by atoms with van der Waals surface area (Å²) in [6, 6.07) is 11.9. The van der Waals surface area contributed by atoms with E-state index in [4.69, 9.17) is 9.26 Å². The van der Waals surface area contributed by atoms with E-state index in [-0.39, 0.29) is 22.7 Å². The van der Waals surface area contributed by atoms with Crippen molar-refractivity contribution in [2.45, 2.75) is 20.8 Å². The van der Waals surface area contributed by atoms with E-state index in [1.165, 1.54) is 6.07 Å². The van der Waals surface area contributed by atoms with Crippen molar-refractivity contribution in [2.75, 3.05) is 11.9 Å². The fourth-order valence-corrected chi connectivity index (χ4v) is 2.90. The molecule has 1 N–H and O–H groups in total. The third-order valence-electron chi connectivity index (χ3n) is 4.62. The van der Waals surface area contributed by atoms with E-state index in [9.17, 15) is 19.7 Å². The Bertz CT molecular complexity index is 1120. The average Bonchev–Trinajstić information content (AvgIpc) is 3.11. The molecule has 0 radical (unpaired) electrons. The first-order valence-corrected chi connectivity index (χ1v) is 9.03. The minimum absolute atomic E-state index is 0.0761. The molecule has 30 heavy (non-hydrogen) atoms. The molecule has 1 amide bonds. The number of rotatable bonds is 6. The average molecular weight is 409 g/mol. The second kappa shape index (κ2) is 8.56. The number of nitrogens with zero attached hydrogens (tertiary/aromatic N) is 2. The topological polar surface area (TPSA) is 125 Å².